The van der Waals surface area contributed by atoms with Crippen molar-refractivity contribution in [3.05, 3.63) is 71.8 Å². The Balaban J connectivity index is 0.00000164. The van der Waals surface area contributed by atoms with Crippen LogP contribution in [-0.2, 0) is 11.2 Å². The fraction of sp³-hybridized carbons (Fsp3) is 0.355. The van der Waals surface area contributed by atoms with Gasteiger partial charge in [0.05, 0.1) is 39.6 Å². The molecule has 38 heavy (non-hydrogen) atoms. The molecule has 0 spiro atoms. The number of ether oxygens (including phenoxy) is 4. The Kier molecular flexibility index (Phi) is 9.38. The number of nitrogens with zero attached hydrogens (tertiary/aromatic N) is 3. The number of aryl methyl sites for hydroxylation is 1. The summed E-state index contributed by atoms with van der Waals surface area (Å²) in [6, 6.07) is 21.2. The molecule has 0 aliphatic carbocycles. The van der Waals surface area contributed by atoms with Gasteiger partial charge in [-0.15, -0.1) is 0 Å². The van der Waals surface area contributed by atoms with Gasteiger partial charge in [0.25, 0.3) is 0 Å². The third-order valence-corrected chi connectivity index (χ3v) is 6.42. The summed E-state index contributed by atoms with van der Waals surface area (Å²) < 4.78 is 22.4. The molecule has 0 bridgehead atoms. The van der Waals surface area contributed by atoms with E-state index in [0.717, 1.165) is 40.9 Å². The van der Waals surface area contributed by atoms with Gasteiger partial charge in [-0.25, -0.2) is 0 Å². The summed E-state index contributed by atoms with van der Waals surface area (Å²) in [6.45, 7) is 9.47. The second kappa shape index (κ2) is 13.1. The number of benzene rings is 3. The number of fused-ring (bicyclic) bond motifs is 1. The van der Waals surface area contributed by atoms with Crippen LogP contribution in [0.1, 0.15) is 25.0 Å². The molecule has 1 saturated heterocycles. The molecule has 1 aliphatic rings. The average Bonchev–Trinajstić information content (AvgIpc) is 2.98. The van der Waals surface area contributed by atoms with Gasteiger partial charge in [-0.2, -0.15) is 9.97 Å². The van der Waals surface area contributed by atoms with Crippen molar-refractivity contribution < 1.29 is 18.9 Å². The summed E-state index contributed by atoms with van der Waals surface area (Å²) in [5.41, 5.74) is 5.51. The first-order valence-corrected chi connectivity index (χ1v) is 13.2. The lowest BCUT2D eigenvalue weighted by Crippen LogP contribution is -2.37. The highest BCUT2D eigenvalue weighted by molar-refractivity contribution is 5.93. The van der Waals surface area contributed by atoms with Crippen LogP contribution in [0.15, 0.2) is 60.7 Å². The van der Waals surface area contributed by atoms with Gasteiger partial charge in [-0.3, -0.25) is 0 Å². The number of anilines is 1. The minimum absolute atomic E-state index is 0.382. The van der Waals surface area contributed by atoms with Gasteiger partial charge >= 0.3 is 6.01 Å². The monoisotopic (exact) mass is 515 g/mol. The predicted octanol–water partition coefficient (Wildman–Crippen LogP) is 6.11. The quantitative estimate of drug-likeness (QED) is 0.281. The van der Waals surface area contributed by atoms with Gasteiger partial charge in [0.1, 0.15) is 5.82 Å². The first-order valence-electron chi connectivity index (χ1n) is 13.2. The van der Waals surface area contributed by atoms with E-state index < -0.39 is 0 Å². The molecule has 0 saturated carbocycles. The fourth-order valence-corrected chi connectivity index (χ4v) is 4.39. The van der Waals surface area contributed by atoms with E-state index in [0.29, 0.717) is 43.8 Å². The van der Waals surface area contributed by atoms with E-state index in [9.17, 15) is 0 Å². The zero-order valence-corrected chi connectivity index (χ0v) is 23.0. The molecule has 4 aromatic rings. The van der Waals surface area contributed by atoms with Gasteiger partial charge in [0.2, 0.25) is 0 Å². The maximum absolute atomic E-state index is 6.06. The van der Waals surface area contributed by atoms with Gasteiger partial charge in [0.15, 0.2) is 11.5 Å². The molecule has 0 atom stereocenters. The van der Waals surface area contributed by atoms with E-state index in [1.54, 1.807) is 14.2 Å². The number of hydrogen-bond donors (Lipinski definition) is 0. The van der Waals surface area contributed by atoms with E-state index in [1.807, 2.05) is 32.0 Å². The Morgan fingerprint density at radius 3 is 2.24 bits per heavy atom. The molecule has 0 radical (unpaired) electrons. The molecule has 0 N–H and O–H groups in total. The number of hydrogen-bond acceptors (Lipinski definition) is 7. The van der Waals surface area contributed by atoms with E-state index >= 15 is 0 Å². The summed E-state index contributed by atoms with van der Waals surface area (Å²) in [4.78, 5) is 11.9. The van der Waals surface area contributed by atoms with Crippen molar-refractivity contribution in [3.8, 4) is 28.6 Å². The molecule has 7 nitrogen and oxygen atoms in total. The summed E-state index contributed by atoms with van der Waals surface area (Å²) in [7, 11) is 3.27. The Morgan fingerprint density at radius 2 is 1.53 bits per heavy atom. The number of morpholine rings is 1. The van der Waals surface area contributed by atoms with E-state index in [2.05, 4.69) is 54.3 Å². The van der Waals surface area contributed by atoms with Crippen LogP contribution in [0.4, 0.5) is 5.82 Å². The molecule has 7 heteroatoms. The van der Waals surface area contributed by atoms with Crippen LogP contribution in [0, 0.1) is 6.92 Å². The number of rotatable bonds is 8. The van der Waals surface area contributed by atoms with Crippen LogP contribution in [-0.4, -0.2) is 57.1 Å². The largest absolute Gasteiger partial charge is 0.493 e. The predicted molar refractivity (Wildman–Crippen MR) is 153 cm³/mol. The molecule has 2 heterocycles. The van der Waals surface area contributed by atoms with E-state index in [1.165, 1.54) is 11.1 Å². The highest BCUT2D eigenvalue weighted by atomic mass is 16.5. The highest BCUT2D eigenvalue weighted by Gasteiger charge is 2.19. The van der Waals surface area contributed by atoms with Crippen molar-refractivity contribution in [3.63, 3.8) is 0 Å². The van der Waals surface area contributed by atoms with Crippen molar-refractivity contribution >= 4 is 16.7 Å². The second-order valence-corrected chi connectivity index (χ2v) is 8.81. The third-order valence-electron chi connectivity index (χ3n) is 6.42. The van der Waals surface area contributed by atoms with Crippen LogP contribution < -0.4 is 19.1 Å². The Morgan fingerprint density at radius 1 is 0.816 bits per heavy atom. The van der Waals surface area contributed by atoms with Crippen LogP contribution >= 0.6 is 0 Å². The lowest BCUT2D eigenvalue weighted by Gasteiger charge is -2.29. The molecule has 5 rings (SSSR count). The standard InChI is InChI=1S/C29H31N3O4.C2H6/c1-20-4-7-22(8-5-20)23-9-10-25-24(19-23)28(32-13-16-35-17-14-32)31-29(30-25)36-15-12-21-6-11-26(33-2)27(18-21)34-3;1-2/h4-11,18-19H,12-17H2,1-3H3;1-2H3. The molecule has 1 fully saturated rings. The van der Waals surface area contributed by atoms with Gasteiger partial charge < -0.3 is 23.8 Å². The molecule has 200 valence electrons. The first-order chi connectivity index (χ1) is 18.6. The molecule has 0 unspecified atom stereocenters. The van der Waals surface area contributed by atoms with Crippen LogP contribution in [0.3, 0.4) is 0 Å². The lowest BCUT2D eigenvalue weighted by atomic mass is 10.0. The van der Waals surface area contributed by atoms with Crippen LogP contribution in [0.25, 0.3) is 22.0 Å². The minimum atomic E-state index is 0.382. The summed E-state index contributed by atoms with van der Waals surface area (Å²) in [5, 5.41) is 1.02. The van der Waals surface area contributed by atoms with Crippen molar-refractivity contribution in [2.75, 3.05) is 52.0 Å². The van der Waals surface area contributed by atoms with Gasteiger partial charge in [-0.05, 0) is 47.9 Å². The zero-order chi connectivity index (χ0) is 26.9. The molecular formula is C31H37N3O4. The van der Waals surface area contributed by atoms with Crippen molar-refractivity contribution in [2.24, 2.45) is 0 Å². The molecular weight excluding hydrogens is 478 g/mol. The highest BCUT2D eigenvalue weighted by Crippen LogP contribution is 2.32. The minimum Gasteiger partial charge on any atom is -0.493 e. The topological polar surface area (TPSA) is 65.9 Å². The van der Waals surface area contributed by atoms with E-state index in [4.69, 9.17) is 28.9 Å². The smallest absolute Gasteiger partial charge is 0.318 e. The normalized spacial score (nSPS) is 13.0. The molecule has 1 aromatic heterocycles. The Bertz CT molecular complexity index is 1340. The zero-order valence-electron chi connectivity index (χ0n) is 23.0. The van der Waals surface area contributed by atoms with Crippen molar-refractivity contribution in [1.29, 1.82) is 0 Å². The average molecular weight is 516 g/mol. The van der Waals surface area contributed by atoms with Crippen LogP contribution in [0.5, 0.6) is 17.5 Å². The molecule has 0 amide bonds. The fourth-order valence-electron chi connectivity index (χ4n) is 4.39. The van der Waals surface area contributed by atoms with Crippen molar-refractivity contribution in [2.45, 2.75) is 27.2 Å². The Hall–Kier alpha value is -3.84. The maximum atomic E-state index is 6.06. The number of aromatic nitrogens is 2. The van der Waals surface area contributed by atoms with Crippen LogP contribution in [0.2, 0.25) is 0 Å². The Labute approximate surface area is 225 Å². The van der Waals surface area contributed by atoms with Gasteiger partial charge in [0, 0.05) is 24.9 Å². The summed E-state index contributed by atoms with van der Waals surface area (Å²) in [6.07, 6.45) is 0.695. The number of methoxy groups -OCH3 is 2. The van der Waals surface area contributed by atoms with Crippen molar-refractivity contribution in [1.82, 2.24) is 9.97 Å². The maximum Gasteiger partial charge on any atom is 0.318 e. The van der Waals surface area contributed by atoms with E-state index in [-0.39, 0.29) is 0 Å². The summed E-state index contributed by atoms with van der Waals surface area (Å²) in [5.74, 6) is 2.30. The first kappa shape index (κ1) is 27.2. The lowest BCUT2D eigenvalue weighted by molar-refractivity contribution is 0.122. The molecule has 1 aliphatic heterocycles. The second-order valence-electron chi connectivity index (χ2n) is 8.81. The summed E-state index contributed by atoms with van der Waals surface area (Å²) >= 11 is 0. The SMILES string of the molecule is CC.COc1ccc(CCOc2nc(N3CCOCC3)c3cc(-c4ccc(C)cc4)ccc3n2)cc1OC. The van der Waals surface area contributed by atoms with Gasteiger partial charge in [-0.1, -0.05) is 55.8 Å². The third kappa shape index (κ3) is 6.34. The molecule has 3 aromatic carbocycles.